The number of carbonyl (C=O) groups is 1. The van der Waals surface area contributed by atoms with Crippen molar-refractivity contribution in [3.05, 3.63) is 50.4 Å². The summed E-state index contributed by atoms with van der Waals surface area (Å²) in [6.07, 6.45) is 0.263. The molecular formula is C18H19F2N5O5. The lowest BCUT2D eigenvalue weighted by molar-refractivity contribution is -0.121. The molecule has 2 heterocycles. The fraction of sp³-hybridized carbons (Fsp3) is 0.333. The first-order chi connectivity index (χ1) is 14.3. The Bertz CT molecular complexity index is 1180. The number of fused-ring (bicyclic) bond motifs is 1. The maximum Gasteiger partial charge on any atom is 0.387 e. The summed E-state index contributed by atoms with van der Waals surface area (Å²) < 4.78 is 35.6. The van der Waals surface area contributed by atoms with Crippen LogP contribution < -0.4 is 26.0 Å². The number of imidazole rings is 1. The maximum atomic E-state index is 12.5. The molecule has 0 aliphatic heterocycles. The number of rotatable bonds is 8. The number of carbonyl (C=O) groups excluding carboxylic acids is 1. The second-order valence-electron chi connectivity index (χ2n) is 6.34. The van der Waals surface area contributed by atoms with Crippen LogP contribution in [-0.2, 0) is 24.8 Å². The third-order valence-corrected chi connectivity index (χ3v) is 4.33. The topological polar surface area (TPSA) is 131 Å². The van der Waals surface area contributed by atoms with Crippen molar-refractivity contribution in [2.24, 2.45) is 7.05 Å². The van der Waals surface area contributed by atoms with E-state index in [2.05, 4.69) is 25.0 Å². The zero-order valence-corrected chi connectivity index (χ0v) is 16.1. The van der Waals surface area contributed by atoms with Crippen LogP contribution in [0, 0.1) is 0 Å². The number of halogens is 2. The summed E-state index contributed by atoms with van der Waals surface area (Å²) in [7, 11) is 2.80. The van der Waals surface area contributed by atoms with Crippen molar-refractivity contribution in [2.45, 2.75) is 26.0 Å². The summed E-state index contributed by atoms with van der Waals surface area (Å²) >= 11 is 0. The summed E-state index contributed by atoms with van der Waals surface area (Å²) in [5, 5.41) is 2.67. The third kappa shape index (κ3) is 4.64. The molecule has 0 saturated heterocycles. The third-order valence-electron chi connectivity index (χ3n) is 4.33. The van der Waals surface area contributed by atoms with Gasteiger partial charge in [-0.3, -0.25) is 19.1 Å². The van der Waals surface area contributed by atoms with Crippen LogP contribution in [-0.4, -0.2) is 39.1 Å². The molecule has 0 bridgehead atoms. The molecule has 1 amide bonds. The predicted octanol–water partition coefficient (Wildman–Crippen LogP) is 0.809. The molecule has 10 nitrogen and oxygen atoms in total. The molecule has 3 aromatic rings. The number of aromatic nitrogens is 4. The van der Waals surface area contributed by atoms with E-state index in [1.54, 1.807) is 6.07 Å². The average molecular weight is 423 g/mol. The average Bonchev–Trinajstić information content (AvgIpc) is 3.14. The van der Waals surface area contributed by atoms with Gasteiger partial charge in [0.15, 0.2) is 17.1 Å². The first kappa shape index (κ1) is 21.0. The molecule has 12 heteroatoms. The fourth-order valence-electron chi connectivity index (χ4n) is 2.81. The van der Waals surface area contributed by atoms with Crippen molar-refractivity contribution in [2.75, 3.05) is 7.11 Å². The standard InChI is InChI=1S/C18H19F2N5O5/c1-25-15-14(16(27)24-18(25)28)22-12(23-15)5-6-13(26)21-8-9-3-4-10(29-2)11(7-9)30-17(19)20/h3-4,7,17H,5-6,8H2,1-2H3,(H,21,26)(H,22,23)(H,24,27,28). The number of aryl methyl sites for hydroxylation is 2. The van der Waals surface area contributed by atoms with Crippen LogP contribution in [0.2, 0.25) is 0 Å². The molecule has 0 unspecified atom stereocenters. The van der Waals surface area contributed by atoms with Crippen molar-refractivity contribution >= 4 is 17.1 Å². The number of nitrogens with zero attached hydrogens (tertiary/aromatic N) is 2. The van der Waals surface area contributed by atoms with E-state index >= 15 is 0 Å². The normalized spacial score (nSPS) is 11.1. The molecule has 1 aromatic carbocycles. The van der Waals surface area contributed by atoms with Crippen molar-refractivity contribution in [1.82, 2.24) is 24.8 Å². The van der Waals surface area contributed by atoms with E-state index < -0.39 is 17.9 Å². The largest absolute Gasteiger partial charge is 0.493 e. The Morgan fingerprint density at radius 3 is 2.73 bits per heavy atom. The van der Waals surface area contributed by atoms with Gasteiger partial charge in [-0.05, 0) is 17.7 Å². The smallest absolute Gasteiger partial charge is 0.387 e. The first-order valence-corrected chi connectivity index (χ1v) is 8.84. The van der Waals surface area contributed by atoms with Gasteiger partial charge in [-0.25, -0.2) is 9.78 Å². The molecule has 0 aliphatic carbocycles. The van der Waals surface area contributed by atoms with Crippen LogP contribution in [0.25, 0.3) is 11.2 Å². The Morgan fingerprint density at radius 2 is 2.03 bits per heavy atom. The Labute approximate surface area is 167 Å². The number of hydrogen-bond acceptors (Lipinski definition) is 6. The lowest BCUT2D eigenvalue weighted by atomic mass is 10.2. The van der Waals surface area contributed by atoms with Gasteiger partial charge in [0.25, 0.3) is 5.56 Å². The first-order valence-electron chi connectivity index (χ1n) is 8.84. The van der Waals surface area contributed by atoms with Crippen LogP contribution in [0.1, 0.15) is 17.8 Å². The zero-order chi connectivity index (χ0) is 21.8. The molecular weight excluding hydrogens is 404 g/mol. The van der Waals surface area contributed by atoms with E-state index in [9.17, 15) is 23.2 Å². The Morgan fingerprint density at radius 1 is 1.27 bits per heavy atom. The van der Waals surface area contributed by atoms with Crippen molar-refractivity contribution in [3.8, 4) is 11.5 Å². The summed E-state index contributed by atoms with van der Waals surface area (Å²) in [6, 6.07) is 4.44. The minimum Gasteiger partial charge on any atom is -0.493 e. The number of benzene rings is 1. The van der Waals surface area contributed by atoms with Crippen LogP contribution in [0.5, 0.6) is 11.5 Å². The van der Waals surface area contributed by atoms with Crippen LogP contribution >= 0.6 is 0 Å². The van der Waals surface area contributed by atoms with Gasteiger partial charge in [0.05, 0.1) is 7.11 Å². The minimum absolute atomic E-state index is 0.0578. The molecule has 0 spiro atoms. The Balaban J connectivity index is 1.61. The number of aromatic amines is 2. The summed E-state index contributed by atoms with van der Waals surface area (Å²) in [4.78, 5) is 44.7. The predicted molar refractivity (Wildman–Crippen MR) is 102 cm³/mol. The van der Waals surface area contributed by atoms with Crippen LogP contribution in [0.4, 0.5) is 8.78 Å². The molecule has 0 saturated carbocycles. The van der Waals surface area contributed by atoms with Crippen LogP contribution in [0.15, 0.2) is 27.8 Å². The number of hydrogen-bond donors (Lipinski definition) is 3. The van der Waals surface area contributed by atoms with E-state index in [1.807, 2.05) is 0 Å². The number of H-pyrrole nitrogens is 2. The highest BCUT2D eigenvalue weighted by atomic mass is 19.3. The van der Waals surface area contributed by atoms with E-state index in [0.717, 1.165) is 0 Å². The number of nitrogens with one attached hydrogen (secondary N) is 3. The molecule has 0 atom stereocenters. The minimum atomic E-state index is -3.00. The molecule has 0 aliphatic rings. The van der Waals surface area contributed by atoms with Crippen LogP contribution in [0.3, 0.4) is 0 Å². The second kappa shape index (κ2) is 8.76. The van der Waals surface area contributed by atoms with Crippen molar-refractivity contribution in [1.29, 1.82) is 0 Å². The van der Waals surface area contributed by atoms with Gasteiger partial charge in [-0.2, -0.15) is 8.78 Å². The van der Waals surface area contributed by atoms with E-state index in [1.165, 1.54) is 30.9 Å². The molecule has 2 aromatic heterocycles. The quantitative estimate of drug-likeness (QED) is 0.491. The van der Waals surface area contributed by atoms with Gasteiger partial charge in [0.1, 0.15) is 11.3 Å². The number of alkyl halides is 2. The van der Waals surface area contributed by atoms with Gasteiger partial charge in [-0.1, -0.05) is 6.07 Å². The van der Waals surface area contributed by atoms with Crippen molar-refractivity contribution < 1.29 is 23.0 Å². The summed E-state index contributed by atoms with van der Waals surface area (Å²) in [6.45, 7) is -2.91. The monoisotopic (exact) mass is 423 g/mol. The van der Waals surface area contributed by atoms with Crippen molar-refractivity contribution in [3.63, 3.8) is 0 Å². The van der Waals surface area contributed by atoms with Gasteiger partial charge >= 0.3 is 12.3 Å². The van der Waals surface area contributed by atoms with Gasteiger partial charge in [-0.15, -0.1) is 0 Å². The molecule has 160 valence electrons. The number of methoxy groups -OCH3 is 1. The fourth-order valence-corrected chi connectivity index (χ4v) is 2.81. The molecule has 3 rings (SSSR count). The zero-order valence-electron chi connectivity index (χ0n) is 16.1. The van der Waals surface area contributed by atoms with Gasteiger partial charge in [0, 0.05) is 26.4 Å². The molecule has 0 radical (unpaired) electrons. The van der Waals surface area contributed by atoms with E-state index in [4.69, 9.17) is 4.74 Å². The Hall–Kier alpha value is -3.70. The van der Waals surface area contributed by atoms with E-state index in [-0.39, 0.29) is 48.0 Å². The molecule has 3 N–H and O–H groups in total. The highest BCUT2D eigenvalue weighted by molar-refractivity contribution is 5.76. The number of ether oxygens (including phenoxy) is 2. The highest BCUT2D eigenvalue weighted by Gasteiger charge is 2.13. The Kier molecular flexibility index (Phi) is 6.14. The summed E-state index contributed by atoms with van der Waals surface area (Å²) in [5.41, 5.74) is -0.276. The second-order valence-corrected chi connectivity index (χ2v) is 6.34. The SMILES string of the molecule is COc1ccc(CNC(=O)CCc2nc3c([nH]2)c(=O)[nH]c(=O)n3C)cc1OC(F)F. The maximum absolute atomic E-state index is 12.5. The lowest BCUT2D eigenvalue weighted by Gasteiger charge is -2.12. The number of amides is 1. The van der Waals surface area contributed by atoms with E-state index in [0.29, 0.717) is 11.4 Å². The summed E-state index contributed by atoms with van der Waals surface area (Å²) in [5.74, 6) is 0.0892. The molecule has 0 fully saturated rings. The molecule has 30 heavy (non-hydrogen) atoms. The van der Waals surface area contributed by atoms with Gasteiger partial charge < -0.3 is 19.8 Å². The highest BCUT2D eigenvalue weighted by Crippen LogP contribution is 2.29. The lowest BCUT2D eigenvalue weighted by Crippen LogP contribution is -2.28. The van der Waals surface area contributed by atoms with Gasteiger partial charge in [0.2, 0.25) is 5.91 Å².